The van der Waals surface area contributed by atoms with Crippen LogP contribution in [-0.4, -0.2) is 17.6 Å². The van der Waals surface area contributed by atoms with E-state index < -0.39 is 0 Å². The van der Waals surface area contributed by atoms with E-state index >= 15 is 0 Å². The maximum atomic E-state index is 12.1. The summed E-state index contributed by atoms with van der Waals surface area (Å²) < 4.78 is 5.43. The molecule has 1 aliphatic rings. The highest BCUT2D eigenvalue weighted by atomic mass is 16.5. The molecule has 0 bridgehead atoms. The molecule has 4 nitrogen and oxygen atoms in total. The Kier molecular flexibility index (Phi) is 3.39. The minimum Gasteiger partial charge on any atom is -0.482 e. The van der Waals surface area contributed by atoms with Crippen LogP contribution in [0.15, 0.2) is 48.5 Å². The van der Waals surface area contributed by atoms with E-state index in [1.54, 1.807) is 23.1 Å². The second-order valence-corrected chi connectivity index (χ2v) is 4.71. The van der Waals surface area contributed by atoms with E-state index in [1.165, 1.54) is 0 Å². The van der Waals surface area contributed by atoms with E-state index in [9.17, 15) is 9.90 Å². The third-order valence-corrected chi connectivity index (χ3v) is 3.33. The Morgan fingerprint density at radius 3 is 2.65 bits per heavy atom. The molecule has 0 spiro atoms. The van der Waals surface area contributed by atoms with Gasteiger partial charge in [-0.25, -0.2) is 0 Å². The molecule has 1 aliphatic heterocycles. The molecule has 4 heteroatoms. The summed E-state index contributed by atoms with van der Waals surface area (Å²) in [5.41, 5.74) is 2.54. The molecule has 0 saturated heterocycles. The minimum absolute atomic E-state index is 0.0539. The molecule has 102 valence electrons. The van der Waals surface area contributed by atoms with Crippen LogP contribution in [0.5, 0.6) is 5.75 Å². The molecule has 0 unspecified atom stereocenters. The van der Waals surface area contributed by atoms with Crippen LogP contribution in [0.2, 0.25) is 0 Å². The Hall–Kier alpha value is -2.33. The number of rotatable bonds is 3. The Morgan fingerprint density at radius 2 is 1.90 bits per heavy atom. The zero-order valence-corrected chi connectivity index (χ0v) is 11.0. The fourth-order valence-corrected chi connectivity index (χ4v) is 2.29. The molecule has 0 saturated carbocycles. The molecular weight excluding hydrogens is 254 g/mol. The van der Waals surface area contributed by atoms with Crippen LogP contribution < -0.4 is 9.64 Å². The van der Waals surface area contributed by atoms with Gasteiger partial charge >= 0.3 is 0 Å². The molecule has 3 rings (SSSR count). The van der Waals surface area contributed by atoms with Gasteiger partial charge in [0.15, 0.2) is 6.61 Å². The third kappa shape index (κ3) is 2.38. The summed E-state index contributed by atoms with van der Waals surface area (Å²) in [4.78, 5) is 13.8. The summed E-state index contributed by atoms with van der Waals surface area (Å²) in [5, 5.41) is 9.24. The van der Waals surface area contributed by atoms with Crippen LogP contribution in [-0.2, 0) is 17.9 Å². The van der Waals surface area contributed by atoms with Crippen LogP contribution in [0, 0.1) is 0 Å². The third-order valence-electron chi connectivity index (χ3n) is 3.33. The second-order valence-electron chi connectivity index (χ2n) is 4.71. The van der Waals surface area contributed by atoms with Crippen LogP contribution in [0.1, 0.15) is 11.1 Å². The highest BCUT2D eigenvalue weighted by molar-refractivity contribution is 5.97. The summed E-state index contributed by atoms with van der Waals surface area (Å²) in [5.74, 6) is 0.606. The zero-order chi connectivity index (χ0) is 13.9. The Balaban J connectivity index is 1.96. The first kappa shape index (κ1) is 12.7. The lowest BCUT2D eigenvalue weighted by molar-refractivity contribution is -0.121. The van der Waals surface area contributed by atoms with Crippen LogP contribution in [0.4, 0.5) is 5.69 Å². The van der Waals surface area contributed by atoms with Gasteiger partial charge in [0.25, 0.3) is 5.91 Å². The molecule has 0 atom stereocenters. The normalized spacial score (nSPS) is 13.8. The maximum absolute atomic E-state index is 12.1. The summed E-state index contributed by atoms with van der Waals surface area (Å²) in [7, 11) is 0. The van der Waals surface area contributed by atoms with Gasteiger partial charge in [-0.2, -0.15) is 0 Å². The lowest BCUT2D eigenvalue weighted by Gasteiger charge is -2.29. The van der Waals surface area contributed by atoms with Crippen LogP contribution in [0.25, 0.3) is 0 Å². The second kappa shape index (κ2) is 5.35. The molecule has 1 amide bonds. The van der Waals surface area contributed by atoms with Gasteiger partial charge in [0, 0.05) is 0 Å². The van der Waals surface area contributed by atoms with Crippen molar-refractivity contribution in [3.8, 4) is 5.75 Å². The monoisotopic (exact) mass is 269 g/mol. The van der Waals surface area contributed by atoms with Crippen molar-refractivity contribution in [2.45, 2.75) is 13.2 Å². The number of aliphatic hydroxyl groups excluding tert-OH is 1. The molecule has 0 fully saturated rings. The predicted octanol–water partition coefficient (Wildman–Crippen LogP) is 2.10. The summed E-state index contributed by atoms with van der Waals surface area (Å²) in [6.07, 6.45) is 0. The van der Waals surface area contributed by atoms with Gasteiger partial charge in [-0.05, 0) is 23.3 Å². The average molecular weight is 269 g/mol. The molecule has 2 aromatic rings. The average Bonchev–Trinajstić information content (AvgIpc) is 2.51. The van der Waals surface area contributed by atoms with Gasteiger partial charge < -0.3 is 14.7 Å². The first-order chi connectivity index (χ1) is 9.78. The lowest BCUT2D eigenvalue weighted by Crippen LogP contribution is -2.38. The number of amides is 1. The smallest absolute Gasteiger partial charge is 0.265 e. The highest BCUT2D eigenvalue weighted by Gasteiger charge is 2.25. The van der Waals surface area contributed by atoms with Crippen molar-refractivity contribution >= 4 is 11.6 Å². The zero-order valence-electron chi connectivity index (χ0n) is 11.0. The molecule has 20 heavy (non-hydrogen) atoms. The fourth-order valence-electron chi connectivity index (χ4n) is 2.29. The van der Waals surface area contributed by atoms with Gasteiger partial charge in [0.1, 0.15) is 5.75 Å². The lowest BCUT2D eigenvalue weighted by atomic mass is 10.1. The number of fused-ring (bicyclic) bond motifs is 1. The molecule has 1 N–H and O–H groups in total. The Labute approximate surface area is 117 Å². The molecule has 2 aromatic carbocycles. The number of benzene rings is 2. The summed E-state index contributed by atoms with van der Waals surface area (Å²) >= 11 is 0. The molecule has 0 aliphatic carbocycles. The molecule has 0 aromatic heterocycles. The number of hydrogen-bond donors (Lipinski definition) is 1. The van der Waals surface area contributed by atoms with Crippen molar-refractivity contribution in [2.24, 2.45) is 0 Å². The van der Waals surface area contributed by atoms with Crippen molar-refractivity contribution in [3.05, 3.63) is 59.7 Å². The predicted molar refractivity (Wildman–Crippen MR) is 75.5 cm³/mol. The Bertz CT molecular complexity index is 625. The van der Waals surface area contributed by atoms with Crippen LogP contribution >= 0.6 is 0 Å². The van der Waals surface area contributed by atoms with Crippen molar-refractivity contribution in [1.82, 2.24) is 0 Å². The largest absolute Gasteiger partial charge is 0.482 e. The first-order valence-electron chi connectivity index (χ1n) is 6.49. The molecular formula is C16H15NO3. The summed E-state index contributed by atoms with van der Waals surface area (Å²) in [6, 6.07) is 15.2. The van der Waals surface area contributed by atoms with E-state index in [-0.39, 0.29) is 19.1 Å². The van der Waals surface area contributed by atoms with E-state index in [2.05, 4.69) is 0 Å². The van der Waals surface area contributed by atoms with E-state index in [4.69, 9.17) is 4.74 Å². The number of anilines is 1. The number of carbonyl (C=O) groups excluding carboxylic acids is 1. The standard InChI is InChI=1S/C16H15NO3/c18-10-13-6-7-15-14(8-13)17(16(19)11-20-15)9-12-4-2-1-3-5-12/h1-8,18H,9-11H2. The number of nitrogens with zero attached hydrogens (tertiary/aromatic N) is 1. The molecule has 1 heterocycles. The maximum Gasteiger partial charge on any atom is 0.265 e. The van der Waals surface area contributed by atoms with Gasteiger partial charge in [0.05, 0.1) is 18.8 Å². The fraction of sp³-hybridized carbons (Fsp3) is 0.188. The van der Waals surface area contributed by atoms with Gasteiger partial charge in [-0.3, -0.25) is 4.79 Å². The van der Waals surface area contributed by atoms with Gasteiger partial charge in [-0.15, -0.1) is 0 Å². The number of aliphatic hydroxyl groups is 1. The summed E-state index contributed by atoms with van der Waals surface area (Å²) in [6.45, 7) is 0.504. The topological polar surface area (TPSA) is 49.8 Å². The quantitative estimate of drug-likeness (QED) is 0.928. The van der Waals surface area contributed by atoms with Crippen molar-refractivity contribution in [1.29, 1.82) is 0 Å². The SMILES string of the molecule is O=C1COc2ccc(CO)cc2N1Cc1ccccc1. The van der Waals surface area contributed by atoms with Gasteiger partial charge in [0.2, 0.25) is 0 Å². The Morgan fingerprint density at radius 1 is 1.10 bits per heavy atom. The highest BCUT2D eigenvalue weighted by Crippen LogP contribution is 2.34. The van der Waals surface area contributed by atoms with Gasteiger partial charge in [-0.1, -0.05) is 36.4 Å². The van der Waals surface area contributed by atoms with Crippen molar-refractivity contribution in [3.63, 3.8) is 0 Å². The van der Waals surface area contributed by atoms with E-state index in [0.29, 0.717) is 12.3 Å². The molecule has 0 radical (unpaired) electrons. The number of carbonyl (C=O) groups is 1. The number of ether oxygens (including phenoxy) is 1. The van der Waals surface area contributed by atoms with Crippen LogP contribution in [0.3, 0.4) is 0 Å². The van der Waals surface area contributed by atoms with Crippen molar-refractivity contribution < 1.29 is 14.6 Å². The first-order valence-corrected chi connectivity index (χ1v) is 6.49. The van der Waals surface area contributed by atoms with E-state index in [1.807, 2.05) is 30.3 Å². The van der Waals surface area contributed by atoms with Crippen molar-refractivity contribution in [2.75, 3.05) is 11.5 Å². The minimum atomic E-state index is -0.0727. The number of hydrogen-bond acceptors (Lipinski definition) is 3. The van der Waals surface area contributed by atoms with E-state index in [0.717, 1.165) is 16.8 Å².